The number of hydrogen-bond acceptors (Lipinski definition) is 6. The lowest BCUT2D eigenvalue weighted by Gasteiger charge is -2.35. The summed E-state index contributed by atoms with van der Waals surface area (Å²) in [4.78, 5) is 16.2. The van der Waals surface area contributed by atoms with E-state index in [-0.39, 0.29) is 12.5 Å². The van der Waals surface area contributed by atoms with E-state index in [9.17, 15) is 9.90 Å². The third-order valence-electron chi connectivity index (χ3n) is 4.75. The average molecular weight is 363 g/mol. The molecule has 1 amide bonds. The van der Waals surface area contributed by atoms with Crippen LogP contribution in [0.4, 0.5) is 0 Å². The van der Waals surface area contributed by atoms with Gasteiger partial charge in [0.2, 0.25) is 5.91 Å². The van der Waals surface area contributed by atoms with Crippen LogP contribution in [0.1, 0.15) is 12.8 Å². The van der Waals surface area contributed by atoms with Crippen LogP contribution in [0.25, 0.3) is 0 Å². The van der Waals surface area contributed by atoms with Crippen LogP contribution >= 0.6 is 0 Å². The van der Waals surface area contributed by atoms with Gasteiger partial charge in [-0.1, -0.05) is 0 Å². The van der Waals surface area contributed by atoms with Crippen LogP contribution in [-0.2, 0) is 4.79 Å². The number of amides is 1. The molecule has 1 aromatic carbocycles. The molecule has 144 valence electrons. The molecule has 1 aliphatic carbocycles. The number of nitrogens with zero attached hydrogens (tertiary/aromatic N) is 2. The van der Waals surface area contributed by atoms with Crippen molar-refractivity contribution >= 4 is 5.91 Å². The second-order valence-corrected chi connectivity index (χ2v) is 7.06. The molecule has 7 nitrogen and oxygen atoms in total. The fraction of sp³-hybridized carbons (Fsp3) is 0.632. The molecule has 1 saturated heterocycles. The number of aliphatic hydroxyl groups is 1. The molecule has 0 aromatic heterocycles. The molecule has 2 fully saturated rings. The molecule has 2 aliphatic rings. The Balaban J connectivity index is 1.31. The number of β-amino-alcohol motifs (C(OH)–C–C–N with tert-alkyl or cyclic N) is 1. The van der Waals surface area contributed by atoms with E-state index in [1.165, 1.54) is 0 Å². The standard InChI is InChI=1S/C19H29N3O4/c1-25-17-4-6-18(7-5-17)26-14-16(23)12-21-8-10-22(11-9-21)13-19(24)20-15-2-3-15/h4-7,15-16,23H,2-3,8-14H2,1H3,(H,20,24)/t16-/m0/s1. The van der Waals surface area contributed by atoms with Gasteiger partial charge in [0.25, 0.3) is 0 Å². The molecule has 0 unspecified atom stereocenters. The highest BCUT2D eigenvalue weighted by Crippen LogP contribution is 2.18. The fourth-order valence-corrected chi connectivity index (χ4v) is 3.05. The van der Waals surface area contributed by atoms with E-state index in [2.05, 4.69) is 15.1 Å². The summed E-state index contributed by atoms with van der Waals surface area (Å²) in [6.07, 6.45) is 1.70. The summed E-state index contributed by atoms with van der Waals surface area (Å²) >= 11 is 0. The highest BCUT2D eigenvalue weighted by atomic mass is 16.5. The molecule has 2 N–H and O–H groups in total. The van der Waals surface area contributed by atoms with Gasteiger partial charge in [0.05, 0.1) is 13.7 Å². The largest absolute Gasteiger partial charge is 0.497 e. The van der Waals surface area contributed by atoms with Gasteiger partial charge in [-0.3, -0.25) is 14.6 Å². The molecular weight excluding hydrogens is 334 g/mol. The quantitative estimate of drug-likeness (QED) is 0.659. The van der Waals surface area contributed by atoms with Crippen LogP contribution < -0.4 is 14.8 Å². The molecule has 0 bridgehead atoms. The van der Waals surface area contributed by atoms with E-state index >= 15 is 0 Å². The summed E-state index contributed by atoms with van der Waals surface area (Å²) in [6.45, 7) is 4.74. The Morgan fingerprint density at radius 3 is 2.38 bits per heavy atom. The summed E-state index contributed by atoms with van der Waals surface area (Å²) < 4.78 is 10.7. The van der Waals surface area contributed by atoms with E-state index in [1.807, 2.05) is 24.3 Å². The number of aliphatic hydroxyl groups excluding tert-OH is 1. The Labute approximate surface area is 154 Å². The first kappa shape index (κ1) is 18.9. The second-order valence-electron chi connectivity index (χ2n) is 7.06. The van der Waals surface area contributed by atoms with Crippen LogP contribution in [0.5, 0.6) is 11.5 Å². The van der Waals surface area contributed by atoms with Crippen molar-refractivity contribution < 1.29 is 19.4 Å². The van der Waals surface area contributed by atoms with Crippen molar-refractivity contribution in [3.8, 4) is 11.5 Å². The number of benzene rings is 1. The van der Waals surface area contributed by atoms with Crippen LogP contribution in [0.2, 0.25) is 0 Å². The van der Waals surface area contributed by atoms with Crippen LogP contribution in [-0.4, -0.2) is 85.9 Å². The first-order valence-corrected chi connectivity index (χ1v) is 9.31. The van der Waals surface area contributed by atoms with Gasteiger partial charge in [-0.25, -0.2) is 0 Å². The van der Waals surface area contributed by atoms with Gasteiger partial charge in [-0.15, -0.1) is 0 Å². The highest BCUT2D eigenvalue weighted by Gasteiger charge is 2.25. The van der Waals surface area contributed by atoms with E-state index in [4.69, 9.17) is 9.47 Å². The molecular formula is C19H29N3O4. The maximum Gasteiger partial charge on any atom is 0.234 e. The van der Waals surface area contributed by atoms with Gasteiger partial charge in [0, 0.05) is 38.8 Å². The molecule has 3 rings (SSSR count). The van der Waals surface area contributed by atoms with Gasteiger partial charge in [-0.2, -0.15) is 0 Å². The van der Waals surface area contributed by atoms with Gasteiger partial charge in [0.1, 0.15) is 24.2 Å². The molecule has 7 heteroatoms. The van der Waals surface area contributed by atoms with Crippen LogP contribution in [0.15, 0.2) is 24.3 Å². The Kier molecular flexibility index (Phi) is 6.71. The zero-order valence-corrected chi connectivity index (χ0v) is 15.4. The molecule has 1 aliphatic heterocycles. The Hall–Kier alpha value is -1.83. The first-order chi connectivity index (χ1) is 12.6. The first-order valence-electron chi connectivity index (χ1n) is 9.31. The normalized spacial score (nSPS) is 19.8. The van der Waals surface area contributed by atoms with Crippen molar-refractivity contribution in [1.29, 1.82) is 0 Å². The predicted octanol–water partition coefficient (Wildman–Crippen LogP) is 0.331. The molecule has 1 saturated carbocycles. The molecule has 1 heterocycles. The lowest BCUT2D eigenvalue weighted by molar-refractivity contribution is -0.122. The minimum Gasteiger partial charge on any atom is -0.497 e. The third kappa shape index (κ3) is 6.16. The van der Waals surface area contributed by atoms with Crippen LogP contribution in [0, 0.1) is 0 Å². The zero-order valence-electron chi connectivity index (χ0n) is 15.4. The number of methoxy groups -OCH3 is 1. The Bertz CT molecular complexity index is 569. The average Bonchev–Trinajstić information content (AvgIpc) is 3.46. The number of nitrogens with one attached hydrogen (secondary N) is 1. The molecule has 0 radical (unpaired) electrons. The summed E-state index contributed by atoms with van der Waals surface area (Å²) in [6, 6.07) is 7.75. The van der Waals surface area contributed by atoms with Gasteiger partial charge >= 0.3 is 0 Å². The summed E-state index contributed by atoms with van der Waals surface area (Å²) in [5, 5.41) is 13.2. The zero-order chi connectivity index (χ0) is 18.4. The summed E-state index contributed by atoms with van der Waals surface area (Å²) in [5.41, 5.74) is 0. The number of hydrogen-bond donors (Lipinski definition) is 2. The number of carbonyl (C=O) groups is 1. The SMILES string of the molecule is COc1ccc(OC[C@@H](O)CN2CCN(CC(=O)NC3CC3)CC2)cc1. The van der Waals surface area contributed by atoms with Crippen molar-refractivity contribution in [3.05, 3.63) is 24.3 Å². The smallest absolute Gasteiger partial charge is 0.234 e. The number of ether oxygens (including phenoxy) is 2. The molecule has 0 spiro atoms. The van der Waals surface area contributed by atoms with Gasteiger partial charge < -0.3 is 19.9 Å². The fourth-order valence-electron chi connectivity index (χ4n) is 3.05. The topological polar surface area (TPSA) is 74.3 Å². The maximum atomic E-state index is 11.9. The third-order valence-corrected chi connectivity index (χ3v) is 4.75. The lowest BCUT2D eigenvalue weighted by Crippen LogP contribution is -2.51. The number of piperazine rings is 1. The number of rotatable bonds is 9. The monoisotopic (exact) mass is 363 g/mol. The van der Waals surface area contributed by atoms with Crippen molar-refractivity contribution in [1.82, 2.24) is 15.1 Å². The maximum absolute atomic E-state index is 11.9. The van der Waals surface area contributed by atoms with E-state index in [0.717, 1.165) is 50.5 Å². The Morgan fingerprint density at radius 1 is 1.15 bits per heavy atom. The number of carbonyl (C=O) groups excluding carboxylic acids is 1. The van der Waals surface area contributed by atoms with Crippen molar-refractivity contribution in [2.45, 2.75) is 25.0 Å². The van der Waals surface area contributed by atoms with Gasteiger partial charge in [0.15, 0.2) is 0 Å². The molecule has 1 aromatic rings. The predicted molar refractivity (Wildman–Crippen MR) is 98.5 cm³/mol. The summed E-state index contributed by atoms with van der Waals surface area (Å²) in [5.74, 6) is 1.63. The van der Waals surface area contributed by atoms with Crippen molar-refractivity contribution in [3.63, 3.8) is 0 Å². The highest BCUT2D eigenvalue weighted by molar-refractivity contribution is 5.78. The van der Waals surface area contributed by atoms with E-state index in [1.54, 1.807) is 7.11 Å². The van der Waals surface area contributed by atoms with Crippen LogP contribution in [0.3, 0.4) is 0 Å². The van der Waals surface area contributed by atoms with E-state index < -0.39 is 6.10 Å². The van der Waals surface area contributed by atoms with Crippen molar-refractivity contribution in [2.75, 3.05) is 53.0 Å². The molecule has 1 atom stereocenters. The minimum absolute atomic E-state index is 0.133. The summed E-state index contributed by atoms with van der Waals surface area (Å²) in [7, 11) is 1.62. The molecule has 26 heavy (non-hydrogen) atoms. The lowest BCUT2D eigenvalue weighted by atomic mass is 10.2. The van der Waals surface area contributed by atoms with Crippen molar-refractivity contribution in [2.24, 2.45) is 0 Å². The second kappa shape index (κ2) is 9.21. The minimum atomic E-state index is -0.540. The van der Waals surface area contributed by atoms with Gasteiger partial charge in [-0.05, 0) is 37.1 Å². The Morgan fingerprint density at radius 2 is 1.77 bits per heavy atom. The van der Waals surface area contributed by atoms with E-state index in [0.29, 0.717) is 19.1 Å².